The lowest BCUT2D eigenvalue weighted by Gasteiger charge is -2.40. The van der Waals surface area contributed by atoms with E-state index in [1.807, 2.05) is 41.5 Å². The molecule has 1 aromatic carbocycles. The fraction of sp³-hybridized carbons (Fsp3) is 0.613. The summed E-state index contributed by atoms with van der Waals surface area (Å²) in [6.45, 7) is 14.4. The Bertz CT molecular complexity index is 1290. The first kappa shape index (κ1) is 30.0. The van der Waals surface area contributed by atoms with Crippen LogP contribution in [0.1, 0.15) is 84.0 Å². The Balaban J connectivity index is 1.25. The molecular weight excluding hydrogens is 539 g/mol. The Morgan fingerprint density at radius 2 is 1.76 bits per heavy atom. The summed E-state index contributed by atoms with van der Waals surface area (Å²) in [6, 6.07) is 9.74. The number of carbonyl (C=O) groups is 2. The predicted molar refractivity (Wildman–Crippen MR) is 158 cm³/mol. The van der Waals surface area contributed by atoms with Crippen molar-refractivity contribution in [2.24, 2.45) is 5.92 Å². The maximum atomic E-state index is 14.5. The minimum Gasteiger partial charge on any atom is -0.447 e. The number of cyclic esters (lactones) is 1. The average molecular weight is 583 g/mol. The van der Waals surface area contributed by atoms with Crippen LogP contribution in [0.25, 0.3) is 0 Å². The number of anilines is 2. The van der Waals surface area contributed by atoms with Crippen molar-refractivity contribution in [2.45, 2.75) is 84.0 Å². The highest BCUT2D eigenvalue weighted by Crippen LogP contribution is 2.40. The van der Waals surface area contributed by atoms with Crippen molar-refractivity contribution < 1.29 is 23.5 Å². The number of ether oxygens (including phenoxy) is 2. The van der Waals surface area contributed by atoms with Gasteiger partial charge in [-0.3, -0.25) is 9.80 Å². The number of halogens is 1. The summed E-state index contributed by atoms with van der Waals surface area (Å²) in [6.07, 6.45) is 2.85. The van der Waals surface area contributed by atoms with Gasteiger partial charge in [0.2, 0.25) is 11.9 Å². The van der Waals surface area contributed by atoms with Gasteiger partial charge in [-0.15, -0.1) is 0 Å². The van der Waals surface area contributed by atoms with E-state index in [2.05, 4.69) is 44.5 Å². The Morgan fingerprint density at radius 3 is 2.33 bits per heavy atom. The molecule has 0 radical (unpaired) electrons. The summed E-state index contributed by atoms with van der Waals surface area (Å²) >= 11 is 0. The van der Waals surface area contributed by atoms with Crippen LogP contribution in [0, 0.1) is 11.9 Å². The number of nitrogens with one attached hydrogen (secondary N) is 1. The van der Waals surface area contributed by atoms with Gasteiger partial charge < -0.3 is 19.7 Å². The van der Waals surface area contributed by atoms with Gasteiger partial charge in [0, 0.05) is 38.3 Å². The SMILES string of the molecule is C[C@H](Nc1nc(F)cc(N2C(=O)OCC2(C)C)n1)c1ccc(C(CC2CC2)N2CCN(C(=O)OC(C)(C)C)CC2)cc1. The topological polar surface area (TPSA) is 100 Å². The molecule has 0 spiro atoms. The number of nitrogens with zero attached hydrogens (tertiary/aromatic N) is 5. The summed E-state index contributed by atoms with van der Waals surface area (Å²) in [4.78, 5) is 38.9. The fourth-order valence-corrected chi connectivity index (χ4v) is 5.59. The first-order chi connectivity index (χ1) is 19.8. The van der Waals surface area contributed by atoms with Crippen LogP contribution in [0.2, 0.25) is 0 Å². The number of benzene rings is 1. The summed E-state index contributed by atoms with van der Waals surface area (Å²) in [5.41, 5.74) is 1.12. The number of aromatic nitrogens is 2. The number of hydrogen-bond acceptors (Lipinski definition) is 8. The van der Waals surface area contributed by atoms with E-state index in [-0.39, 0.29) is 36.6 Å². The Kier molecular flexibility index (Phi) is 8.33. The summed E-state index contributed by atoms with van der Waals surface area (Å²) in [5.74, 6) is 0.285. The van der Waals surface area contributed by atoms with E-state index in [4.69, 9.17) is 9.47 Å². The second-order valence-electron chi connectivity index (χ2n) is 13.3. The third kappa shape index (κ3) is 7.11. The van der Waals surface area contributed by atoms with Crippen molar-refractivity contribution in [1.82, 2.24) is 19.8 Å². The molecule has 10 nitrogen and oxygen atoms in total. The maximum Gasteiger partial charge on any atom is 0.416 e. The van der Waals surface area contributed by atoms with Crippen LogP contribution < -0.4 is 10.2 Å². The summed E-state index contributed by atoms with van der Waals surface area (Å²) in [5, 5.41) is 3.19. The molecule has 2 aromatic rings. The molecule has 11 heteroatoms. The Labute approximate surface area is 247 Å². The van der Waals surface area contributed by atoms with Gasteiger partial charge >= 0.3 is 12.2 Å². The highest BCUT2D eigenvalue weighted by atomic mass is 19.1. The molecule has 3 aliphatic rings. The van der Waals surface area contributed by atoms with Crippen LogP contribution >= 0.6 is 0 Å². The molecule has 1 saturated carbocycles. The van der Waals surface area contributed by atoms with Crippen LogP contribution in [0.5, 0.6) is 0 Å². The van der Waals surface area contributed by atoms with Crippen LogP contribution in [0.4, 0.5) is 25.7 Å². The zero-order chi connectivity index (χ0) is 30.2. The summed E-state index contributed by atoms with van der Waals surface area (Å²) < 4.78 is 25.2. The molecule has 2 amide bonds. The lowest BCUT2D eigenvalue weighted by molar-refractivity contribution is 0.00941. The van der Waals surface area contributed by atoms with Gasteiger partial charge in [0.15, 0.2) is 0 Å². The number of hydrogen-bond donors (Lipinski definition) is 1. The van der Waals surface area contributed by atoms with Crippen molar-refractivity contribution >= 4 is 24.0 Å². The number of rotatable bonds is 8. The Hall–Kier alpha value is -3.47. The molecule has 5 rings (SSSR count). The quantitative estimate of drug-likeness (QED) is 0.383. The van der Waals surface area contributed by atoms with Gasteiger partial charge in [0.05, 0.1) is 11.6 Å². The first-order valence-corrected chi connectivity index (χ1v) is 14.9. The van der Waals surface area contributed by atoms with E-state index >= 15 is 0 Å². The molecule has 2 saturated heterocycles. The third-order valence-corrected chi connectivity index (χ3v) is 8.07. The first-order valence-electron chi connectivity index (χ1n) is 14.9. The Morgan fingerprint density at radius 1 is 1.12 bits per heavy atom. The number of amides is 2. The smallest absolute Gasteiger partial charge is 0.416 e. The van der Waals surface area contributed by atoms with Gasteiger partial charge in [-0.1, -0.05) is 37.1 Å². The predicted octanol–water partition coefficient (Wildman–Crippen LogP) is 5.92. The van der Waals surface area contributed by atoms with Crippen molar-refractivity contribution in [3.63, 3.8) is 0 Å². The van der Waals surface area contributed by atoms with Crippen molar-refractivity contribution in [2.75, 3.05) is 43.0 Å². The van der Waals surface area contributed by atoms with E-state index in [0.29, 0.717) is 13.1 Å². The monoisotopic (exact) mass is 582 g/mol. The molecule has 3 fully saturated rings. The lowest BCUT2D eigenvalue weighted by Crippen LogP contribution is -2.50. The number of carbonyl (C=O) groups excluding carboxylic acids is 2. The zero-order valence-corrected chi connectivity index (χ0v) is 25.5. The molecule has 1 N–H and O–H groups in total. The van der Waals surface area contributed by atoms with Gasteiger partial charge in [-0.25, -0.2) is 9.59 Å². The minimum atomic E-state index is -0.727. The second kappa shape index (κ2) is 11.7. The third-order valence-electron chi connectivity index (χ3n) is 8.07. The fourth-order valence-electron chi connectivity index (χ4n) is 5.59. The van der Waals surface area contributed by atoms with Crippen molar-refractivity contribution in [3.8, 4) is 0 Å². The normalized spacial score (nSPS) is 20.7. The minimum absolute atomic E-state index is 0.103. The highest BCUT2D eigenvalue weighted by molar-refractivity contribution is 5.90. The van der Waals surface area contributed by atoms with Gasteiger partial charge in [-0.2, -0.15) is 14.4 Å². The standard InChI is InChI=1S/C31H43FN6O4/c1-20(33-27-34-25(32)18-26(35-27)38-29(40)41-19-31(38,5)6)22-9-11-23(12-10-22)24(17-21-7-8-21)36-13-15-37(16-14-36)28(39)42-30(2,3)4/h9-12,18,20-21,24H,7-8,13-17,19H2,1-6H3,(H,33,34,35)/t20-,24?/m0/s1. The molecule has 2 atom stereocenters. The van der Waals surface area contributed by atoms with Crippen molar-refractivity contribution in [1.29, 1.82) is 0 Å². The van der Waals surface area contributed by atoms with E-state index in [9.17, 15) is 14.0 Å². The van der Waals surface area contributed by atoms with Crippen LogP contribution in [-0.2, 0) is 9.47 Å². The highest BCUT2D eigenvalue weighted by Gasteiger charge is 2.42. The maximum absolute atomic E-state index is 14.5. The lowest BCUT2D eigenvalue weighted by atomic mass is 9.96. The zero-order valence-electron chi connectivity index (χ0n) is 25.5. The van der Waals surface area contributed by atoms with E-state index < -0.39 is 23.2 Å². The average Bonchev–Trinajstić information content (AvgIpc) is 3.69. The molecule has 2 aliphatic heterocycles. The molecule has 228 valence electrons. The van der Waals surface area contributed by atoms with Crippen molar-refractivity contribution in [3.05, 3.63) is 47.4 Å². The molecule has 1 aliphatic carbocycles. The molecule has 42 heavy (non-hydrogen) atoms. The second-order valence-corrected chi connectivity index (χ2v) is 13.3. The molecule has 0 bridgehead atoms. The molecule has 1 aromatic heterocycles. The largest absolute Gasteiger partial charge is 0.447 e. The molecule has 1 unspecified atom stereocenters. The van der Waals surface area contributed by atoms with E-state index in [1.54, 1.807) is 4.90 Å². The van der Waals surface area contributed by atoms with Crippen LogP contribution in [0.15, 0.2) is 30.3 Å². The van der Waals surface area contributed by atoms with E-state index in [1.165, 1.54) is 23.3 Å². The summed E-state index contributed by atoms with van der Waals surface area (Å²) in [7, 11) is 0. The van der Waals surface area contributed by atoms with Gasteiger partial charge in [0.1, 0.15) is 18.0 Å². The van der Waals surface area contributed by atoms with Gasteiger partial charge in [-0.05, 0) is 65.0 Å². The van der Waals surface area contributed by atoms with Crippen LogP contribution in [-0.4, -0.2) is 75.9 Å². The molecular formula is C31H43FN6O4. The van der Waals surface area contributed by atoms with Crippen LogP contribution in [0.3, 0.4) is 0 Å². The number of piperazine rings is 1. The van der Waals surface area contributed by atoms with Gasteiger partial charge in [0.25, 0.3) is 0 Å². The molecule has 3 heterocycles. The van der Waals surface area contributed by atoms with E-state index in [0.717, 1.165) is 37.1 Å².